The molecule has 2 heterocycles. The standard InChI is InChI=1S/C19H25FN4O/c1-14(19(25)23(2)13-15-4-3-5-18(20)10-15)24-8-6-16(7-9-24)17-11-21-22-12-17/h3-5,10-12,14,16H,6-9,13H2,1-2H3,(H,21,22). The normalized spacial score (nSPS) is 17.4. The van der Waals surface area contributed by atoms with Gasteiger partial charge in [-0.05, 0) is 62.0 Å². The molecule has 0 radical (unpaired) electrons. The predicted octanol–water partition coefficient (Wildman–Crippen LogP) is 2.78. The summed E-state index contributed by atoms with van der Waals surface area (Å²) in [5, 5.41) is 6.89. The zero-order valence-electron chi connectivity index (χ0n) is 14.8. The van der Waals surface area contributed by atoms with Crippen LogP contribution in [0.3, 0.4) is 0 Å². The third kappa shape index (κ3) is 4.25. The fourth-order valence-electron chi connectivity index (χ4n) is 3.57. The molecule has 1 aliphatic heterocycles. The molecule has 1 aliphatic rings. The summed E-state index contributed by atoms with van der Waals surface area (Å²) in [7, 11) is 1.78. The van der Waals surface area contributed by atoms with Crippen molar-refractivity contribution in [2.75, 3.05) is 20.1 Å². The monoisotopic (exact) mass is 344 g/mol. The number of piperidine rings is 1. The van der Waals surface area contributed by atoms with Gasteiger partial charge < -0.3 is 4.90 Å². The van der Waals surface area contributed by atoms with Crippen LogP contribution in [0.25, 0.3) is 0 Å². The Balaban J connectivity index is 1.53. The van der Waals surface area contributed by atoms with Gasteiger partial charge in [-0.1, -0.05) is 12.1 Å². The number of benzene rings is 1. The van der Waals surface area contributed by atoms with E-state index >= 15 is 0 Å². The number of nitrogens with one attached hydrogen (secondary N) is 1. The van der Waals surface area contributed by atoms with E-state index in [1.54, 1.807) is 18.0 Å². The van der Waals surface area contributed by atoms with E-state index in [1.807, 2.05) is 25.4 Å². The molecule has 6 heteroatoms. The largest absolute Gasteiger partial charge is 0.340 e. The van der Waals surface area contributed by atoms with Gasteiger partial charge in [0.25, 0.3) is 0 Å². The summed E-state index contributed by atoms with van der Waals surface area (Å²) in [6.07, 6.45) is 5.92. The number of amides is 1. The molecular formula is C19H25FN4O. The molecule has 3 rings (SSSR count). The molecule has 2 aromatic rings. The number of halogens is 1. The maximum absolute atomic E-state index is 13.3. The number of rotatable bonds is 5. The zero-order chi connectivity index (χ0) is 17.8. The Morgan fingerprint density at radius 3 is 2.84 bits per heavy atom. The van der Waals surface area contributed by atoms with Crippen LogP contribution in [0.15, 0.2) is 36.7 Å². The molecule has 134 valence electrons. The molecule has 0 spiro atoms. The molecule has 0 aliphatic carbocycles. The van der Waals surface area contributed by atoms with E-state index in [1.165, 1.54) is 17.7 Å². The van der Waals surface area contributed by atoms with Gasteiger partial charge in [-0.3, -0.25) is 14.8 Å². The summed E-state index contributed by atoms with van der Waals surface area (Å²) >= 11 is 0. The topological polar surface area (TPSA) is 52.2 Å². The molecule has 0 saturated carbocycles. The number of nitrogens with zero attached hydrogens (tertiary/aromatic N) is 3. The van der Waals surface area contributed by atoms with E-state index in [0.717, 1.165) is 31.5 Å². The molecule has 0 bridgehead atoms. The van der Waals surface area contributed by atoms with Crippen LogP contribution in [0.1, 0.15) is 36.8 Å². The van der Waals surface area contributed by atoms with Crippen LogP contribution in [0.2, 0.25) is 0 Å². The van der Waals surface area contributed by atoms with Crippen molar-refractivity contribution < 1.29 is 9.18 Å². The molecule has 1 unspecified atom stereocenters. The first kappa shape index (κ1) is 17.6. The lowest BCUT2D eigenvalue weighted by Crippen LogP contribution is -2.48. The number of hydrogen-bond donors (Lipinski definition) is 1. The maximum atomic E-state index is 13.3. The molecule has 1 N–H and O–H groups in total. The third-order valence-electron chi connectivity index (χ3n) is 5.11. The highest BCUT2D eigenvalue weighted by atomic mass is 19.1. The number of likely N-dealkylation sites (N-methyl/N-ethyl adjacent to an activating group) is 1. The van der Waals surface area contributed by atoms with E-state index in [-0.39, 0.29) is 17.8 Å². The van der Waals surface area contributed by atoms with Crippen molar-refractivity contribution >= 4 is 5.91 Å². The average Bonchev–Trinajstić information content (AvgIpc) is 3.15. The Kier molecular flexibility index (Phi) is 5.48. The molecule has 1 saturated heterocycles. The third-order valence-corrected chi connectivity index (χ3v) is 5.11. The van der Waals surface area contributed by atoms with Crippen molar-refractivity contribution in [3.8, 4) is 0 Å². The number of carbonyl (C=O) groups excluding carboxylic acids is 1. The Bertz CT molecular complexity index is 695. The first-order chi connectivity index (χ1) is 12.0. The average molecular weight is 344 g/mol. The van der Waals surface area contributed by atoms with Gasteiger partial charge in [-0.25, -0.2) is 4.39 Å². The minimum atomic E-state index is -0.271. The Labute approximate surface area is 147 Å². The number of carbonyl (C=O) groups is 1. The Morgan fingerprint density at radius 1 is 1.44 bits per heavy atom. The lowest BCUT2D eigenvalue weighted by molar-refractivity contribution is -0.136. The number of aromatic nitrogens is 2. The second kappa shape index (κ2) is 7.78. The lowest BCUT2D eigenvalue weighted by Gasteiger charge is -2.36. The van der Waals surface area contributed by atoms with Crippen molar-refractivity contribution in [1.82, 2.24) is 20.0 Å². The molecule has 25 heavy (non-hydrogen) atoms. The minimum Gasteiger partial charge on any atom is -0.340 e. The van der Waals surface area contributed by atoms with Crippen LogP contribution >= 0.6 is 0 Å². The summed E-state index contributed by atoms with van der Waals surface area (Å²) < 4.78 is 13.3. The second-order valence-corrected chi connectivity index (χ2v) is 6.84. The van der Waals surface area contributed by atoms with Crippen LogP contribution < -0.4 is 0 Å². The van der Waals surface area contributed by atoms with Crippen LogP contribution in [-0.2, 0) is 11.3 Å². The quantitative estimate of drug-likeness (QED) is 0.907. The number of likely N-dealkylation sites (tertiary alicyclic amines) is 1. The van der Waals surface area contributed by atoms with Crippen molar-refractivity contribution in [3.63, 3.8) is 0 Å². The molecular weight excluding hydrogens is 319 g/mol. The number of H-pyrrole nitrogens is 1. The van der Waals surface area contributed by atoms with Crippen LogP contribution in [-0.4, -0.2) is 52.1 Å². The van der Waals surface area contributed by atoms with Crippen LogP contribution in [0.4, 0.5) is 4.39 Å². The van der Waals surface area contributed by atoms with Gasteiger partial charge in [-0.2, -0.15) is 5.10 Å². The predicted molar refractivity (Wildman–Crippen MR) is 94.5 cm³/mol. The summed E-state index contributed by atoms with van der Waals surface area (Å²) in [4.78, 5) is 16.6. The fourth-order valence-corrected chi connectivity index (χ4v) is 3.57. The van der Waals surface area contributed by atoms with Crippen LogP contribution in [0, 0.1) is 5.82 Å². The van der Waals surface area contributed by atoms with Gasteiger partial charge in [0.15, 0.2) is 0 Å². The van der Waals surface area contributed by atoms with E-state index in [9.17, 15) is 9.18 Å². The highest BCUT2D eigenvalue weighted by molar-refractivity contribution is 5.81. The molecule has 1 atom stereocenters. The van der Waals surface area contributed by atoms with E-state index in [2.05, 4.69) is 15.1 Å². The SMILES string of the molecule is CC(C(=O)N(C)Cc1cccc(F)c1)N1CCC(c2cn[nH]c2)CC1. The van der Waals surface area contributed by atoms with E-state index < -0.39 is 0 Å². The van der Waals surface area contributed by atoms with Crippen molar-refractivity contribution in [2.45, 2.75) is 38.3 Å². The summed E-state index contributed by atoms with van der Waals surface area (Å²) in [5.41, 5.74) is 2.06. The van der Waals surface area contributed by atoms with Gasteiger partial charge in [0.2, 0.25) is 5.91 Å². The Hall–Kier alpha value is -2.21. The minimum absolute atomic E-state index is 0.0750. The summed E-state index contributed by atoms with van der Waals surface area (Å²) in [6.45, 7) is 4.18. The summed E-state index contributed by atoms with van der Waals surface area (Å²) in [5.74, 6) is 0.320. The van der Waals surface area contributed by atoms with Gasteiger partial charge in [0, 0.05) is 19.8 Å². The van der Waals surface area contributed by atoms with Crippen molar-refractivity contribution in [2.24, 2.45) is 0 Å². The summed E-state index contributed by atoms with van der Waals surface area (Å²) in [6, 6.07) is 6.24. The molecule has 5 nitrogen and oxygen atoms in total. The first-order valence-electron chi connectivity index (χ1n) is 8.76. The highest BCUT2D eigenvalue weighted by Crippen LogP contribution is 2.28. The number of aromatic amines is 1. The molecule has 1 amide bonds. The molecule has 1 aromatic carbocycles. The van der Waals surface area contributed by atoms with Gasteiger partial charge >= 0.3 is 0 Å². The lowest BCUT2D eigenvalue weighted by atomic mass is 9.91. The second-order valence-electron chi connectivity index (χ2n) is 6.84. The maximum Gasteiger partial charge on any atom is 0.239 e. The Morgan fingerprint density at radius 2 is 2.20 bits per heavy atom. The zero-order valence-corrected chi connectivity index (χ0v) is 14.8. The smallest absolute Gasteiger partial charge is 0.239 e. The fraction of sp³-hybridized carbons (Fsp3) is 0.474. The van der Waals surface area contributed by atoms with Crippen LogP contribution in [0.5, 0.6) is 0 Å². The van der Waals surface area contributed by atoms with Gasteiger partial charge in [0.05, 0.1) is 12.2 Å². The van der Waals surface area contributed by atoms with Gasteiger partial charge in [0.1, 0.15) is 5.82 Å². The van der Waals surface area contributed by atoms with Crippen molar-refractivity contribution in [3.05, 3.63) is 53.6 Å². The molecule has 1 fully saturated rings. The van der Waals surface area contributed by atoms with Gasteiger partial charge in [-0.15, -0.1) is 0 Å². The molecule has 1 aromatic heterocycles. The van der Waals surface area contributed by atoms with E-state index in [0.29, 0.717) is 12.5 Å². The first-order valence-corrected chi connectivity index (χ1v) is 8.76. The van der Waals surface area contributed by atoms with E-state index in [4.69, 9.17) is 0 Å². The van der Waals surface area contributed by atoms with Crippen molar-refractivity contribution in [1.29, 1.82) is 0 Å². The number of hydrogen-bond acceptors (Lipinski definition) is 3. The highest BCUT2D eigenvalue weighted by Gasteiger charge is 2.29.